The number of hydrogen-bond donors (Lipinski definition) is 2. The molecule has 0 amide bonds. The van der Waals surface area contributed by atoms with Gasteiger partial charge in [0, 0.05) is 12.1 Å². The van der Waals surface area contributed by atoms with Crippen LogP contribution in [-0.2, 0) is 0 Å². The maximum absolute atomic E-state index is 3.64. The fraction of sp³-hybridized carbons (Fsp3) is 1.00. The molecule has 2 unspecified atom stereocenters. The molecular formula is C14H30N2. The van der Waals surface area contributed by atoms with Gasteiger partial charge in [0.1, 0.15) is 0 Å². The van der Waals surface area contributed by atoms with Crippen LogP contribution in [0.3, 0.4) is 0 Å². The van der Waals surface area contributed by atoms with Gasteiger partial charge < -0.3 is 10.6 Å². The lowest BCUT2D eigenvalue weighted by molar-refractivity contribution is 0.429. The van der Waals surface area contributed by atoms with E-state index >= 15 is 0 Å². The van der Waals surface area contributed by atoms with Crippen LogP contribution in [0.25, 0.3) is 0 Å². The molecule has 0 aromatic rings. The molecule has 2 nitrogen and oxygen atoms in total. The van der Waals surface area contributed by atoms with Crippen LogP contribution in [0, 0.1) is 5.92 Å². The van der Waals surface area contributed by atoms with Crippen molar-refractivity contribution in [1.82, 2.24) is 10.6 Å². The van der Waals surface area contributed by atoms with Crippen molar-refractivity contribution in [3.05, 3.63) is 0 Å². The Labute approximate surface area is 102 Å². The zero-order valence-electron chi connectivity index (χ0n) is 11.4. The SMILES string of the molecule is CC(C)CCCCNC(C)CC1CCCN1. The lowest BCUT2D eigenvalue weighted by Crippen LogP contribution is -2.34. The summed E-state index contributed by atoms with van der Waals surface area (Å²) in [6.45, 7) is 9.36. The first-order valence-corrected chi connectivity index (χ1v) is 7.15. The molecule has 0 aromatic heterocycles. The second kappa shape index (κ2) is 8.08. The van der Waals surface area contributed by atoms with Crippen LogP contribution in [0.4, 0.5) is 0 Å². The number of nitrogens with one attached hydrogen (secondary N) is 2. The van der Waals surface area contributed by atoms with Gasteiger partial charge in [-0.25, -0.2) is 0 Å². The second-order valence-corrected chi connectivity index (χ2v) is 5.77. The van der Waals surface area contributed by atoms with Gasteiger partial charge in [-0.1, -0.05) is 26.7 Å². The Kier molecular flexibility index (Phi) is 7.06. The highest BCUT2D eigenvalue weighted by molar-refractivity contribution is 4.78. The van der Waals surface area contributed by atoms with Crippen LogP contribution < -0.4 is 10.6 Å². The van der Waals surface area contributed by atoms with E-state index in [4.69, 9.17) is 0 Å². The van der Waals surface area contributed by atoms with Crippen molar-refractivity contribution in [2.75, 3.05) is 13.1 Å². The van der Waals surface area contributed by atoms with Gasteiger partial charge in [-0.2, -0.15) is 0 Å². The Balaban J connectivity index is 1.91. The van der Waals surface area contributed by atoms with Crippen molar-refractivity contribution in [1.29, 1.82) is 0 Å². The third kappa shape index (κ3) is 6.49. The molecule has 1 aliphatic heterocycles. The van der Waals surface area contributed by atoms with Gasteiger partial charge in [-0.3, -0.25) is 0 Å². The zero-order valence-corrected chi connectivity index (χ0v) is 11.4. The van der Waals surface area contributed by atoms with E-state index in [0.717, 1.165) is 12.0 Å². The van der Waals surface area contributed by atoms with Crippen molar-refractivity contribution in [2.24, 2.45) is 5.92 Å². The Morgan fingerprint density at radius 3 is 2.69 bits per heavy atom. The molecule has 1 aliphatic rings. The molecule has 0 radical (unpaired) electrons. The largest absolute Gasteiger partial charge is 0.314 e. The predicted molar refractivity (Wildman–Crippen MR) is 71.8 cm³/mol. The molecule has 1 fully saturated rings. The average molecular weight is 226 g/mol. The molecule has 2 N–H and O–H groups in total. The van der Waals surface area contributed by atoms with Gasteiger partial charge in [0.05, 0.1) is 0 Å². The molecule has 1 rings (SSSR count). The lowest BCUT2D eigenvalue weighted by atomic mass is 10.1. The Morgan fingerprint density at radius 2 is 2.06 bits per heavy atom. The second-order valence-electron chi connectivity index (χ2n) is 5.77. The van der Waals surface area contributed by atoms with Crippen LogP contribution in [0.2, 0.25) is 0 Å². The highest BCUT2D eigenvalue weighted by Gasteiger charge is 2.16. The number of hydrogen-bond acceptors (Lipinski definition) is 2. The summed E-state index contributed by atoms with van der Waals surface area (Å²) in [6, 6.07) is 1.45. The maximum atomic E-state index is 3.64. The maximum Gasteiger partial charge on any atom is 0.00822 e. The number of rotatable bonds is 8. The van der Waals surface area contributed by atoms with Crippen molar-refractivity contribution in [2.45, 2.75) is 71.4 Å². The van der Waals surface area contributed by atoms with E-state index in [1.54, 1.807) is 0 Å². The van der Waals surface area contributed by atoms with Gasteiger partial charge in [0.25, 0.3) is 0 Å². The molecular weight excluding hydrogens is 196 g/mol. The third-order valence-corrected chi connectivity index (χ3v) is 3.50. The van der Waals surface area contributed by atoms with E-state index in [-0.39, 0.29) is 0 Å². The summed E-state index contributed by atoms with van der Waals surface area (Å²) < 4.78 is 0. The summed E-state index contributed by atoms with van der Waals surface area (Å²) >= 11 is 0. The van der Waals surface area contributed by atoms with E-state index in [1.165, 1.54) is 51.6 Å². The normalized spacial score (nSPS) is 22.9. The van der Waals surface area contributed by atoms with Crippen LogP contribution in [0.15, 0.2) is 0 Å². The van der Waals surface area contributed by atoms with E-state index in [0.29, 0.717) is 6.04 Å². The molecule has 1 heterocycles. The van der Waals surface area contributed by atoms with Crippen molar-refractivity contribution in [3.8, 4) is 0 Å². The predicted octanol–water partition coefficient (Wildman–Crippen LogP) is 2.93. The summed E-state index contributed by atoms with van der Waals surface area (Å²) in [5.74, 6) is 0.861. The first kappa shape index (κ1) is 14.0. The fourth-order valence-corrected chi connectivity index (χ4v) is 2.49. The summed E-state index contributed by atoms with van der Waals surface area (Å²) in [5, 5.41) is 7.21. The molecule has 0 saturated carbocycles. The highest BCUT2D eigenvalue weighted by atomic mass is 15.0. The average Bonchev–Trinajstić information content (AvgIpc) is 2.69. The minimum absolute atomic E-state index is 0.676. The van der Waals surface area contributed by atoms with Crippen LogP contribution in [0.5, 0.6) is 0 Å². The van der Waals surface area contributed by atoms with Gasteiger partial charge in [0.15, 0.2) is 0 Å². The van der Waals surface area contributed by atoms with Crippen molar-refractivity contribution < 1.29 is 0 Å². The quantitative estimate of drug-likeness (QED) is 0.622. The lowest BCUT2D eigenvalue weighted by Gasteiger charge is -2.18. The molecule has 1 saturated heterocycles. The van der Waals surface area contributed by atoms with E-state index in [9.17, 15) is 0 Å². The zero-order chi connectivity index (χ0) is 11.8. The Bertz CT molecular complexity index is 162. The molecule has 0 aromatic carbocycles. The minimum atomic E-state index is 0.676. The highest BCUT2D eigenvalue weighted by Crippen LogP contribution is 2.11. The van der Waals surface area contributed by atoms with Crippen molar-refractivity contribution in [3.63, 3.8) is 0 Å². The van der Waals surface area contributed by atoms with Gasteiger partial charge >= 0.3 is 0 Å². The Hall–Kier alpha value is -0.0800. The van der Waals surface area contributed by atoms with Gasteiger partial charge in [-0.15, -0.1) is 0 Å². The first-order chi connectivity index (χ1) is 7.68. The van der Waals surface area contributed by atoms with Gasteiger partial charge in [0.2, 0.25) is 0 Å². The standard InChI is InChI=1S/C14H30N2/c1-12(2)7-4-5-9-15-13(3)11-14-8-6-10-16-14/h12-16H,4-11H2,1-3H3. The topological polar surface area (TPSA) is 24.1 Å². The molecule has 0 bridgehead atoms. The third-order valence-electron chi connectivity index (χ3n) is 3.50. The fourth-order valence-electron chi connectivity index (χ4n) is 2.49. The minimum Gasteiger partial charge on any atom is -0.314 e. The molecule has 2 heteroatoms. The first-order valence-electron chi connectivity index (χ1n) is 7.15. The van der Waals surface area contributed by atoms with Crippen LogP contribution in [0.1, 0.15) is 59.3 Å². The molecule has 96 valence electrons. The van der Waals surface area contributed by atoms with E-state index in [2.05, 4.69) is 31.4 Å². The van der Waals surface area contributed by atoms with Crippen molar-refractivity contribution >= 4 is 0 Å². The molecule has 2 atom stereocenters. The summed E-state index contributed by atoms with van der Waals surface area (Å²) in [6.07, 6.45) is 8.12. The van der Waals surface area contributed by atoms with E-state index in [1.807, 2.05) is 0 Å². The summed E-state index contributed by atoms with van der Waals surface area (Å²) in [5.41, 5.74) is 0. The summed E-state index contributed by atoms with van der Waals surface area (Å²) in [4.78, 5) is 0. The monoisotopic (exact) mass is 226 g/mol. The summed E-state index contributed by atoms with van der Waals surface area (Å²) in [7, 11) is 0. The molecule has 0 spiro atoms. The van der Waals surface area contributed by atoms with Crippen LogP contribution in [-0.4, -0.2) is 25.2 Å². The van der Waals surface area contributed by atoms with Crippen LogP contribution >= 0.6 is 0 Å². The Morgan fingerprint density at radius 1 is 1.25 bits per heavy atom. The van der Waals surface area contributed by atoms with Gasteiger partial charge in [-0.05, 0) is 51.6 Å². The number of unbranched alkanes of at least 4 members (excludes halogenated alkanes) is 1. The molecule has 0 aliphatic carbocycles. The smallest absolute Gasteiger partial charge is 0.00822 e. The van der Waals surface area contributed by atoms with E-state index < -0.39 is 0 Å². The molecule has 16 heavy (non-hydrogen) atoms.